The molecule has 172 valence electrons. The van der Waals surface area contributed by atoms with Gasteiger partial charge in [0.2, 0.25) is 5.91 Å². The molecule has 6 nitrogen and oxygen atoms in total. The van der Waals surface area contributed by atoms with Gasteiger partial charge < -0.3 is 14.7 Å². The number of aliphatic hydroxyl groups excluding tert-OH is 1. The van der Waals surface area contributed by atoms with Gasteiger partial charge in [0, 0.05) is 31.5 Å². The third kappa shape index (κ3) is 5.28. The summed E-state index contributed by atoms with van der Waals surface area (Å²) >= 11 is 0. The lowest BCUT2D eigenvalue weighted by molar-refractivity contribution is -0.140. The summed E-state index contributed by atoms with van der Waals surface area (Å²) in [6.45, 7) is 7.27. The molecular formula is C26H33NO5. The second-order valence-corrected chi connectivity index (χ2v) is 9.08. The van der Waals surface area contributed by atoms with Crippen LogP contribution in [0, 0.1) is 31.1 Å². The number of nitrogens with zero attached hydrogens (tertiary/aromatic N) is 1. The van der Waals surface area contributed by atoms with Gasteiger partial charge in [-0.15, -0.1) is 5.92 Å². The van der Waals surface area contributed by atoms with E-state index in [0.717, 1.165) is 22.3 Å². The molecule has 0 radical (unpaired) electrons. The molecule has 3 rings (SSSR count). The molecule has 0 unspecified atom stereocenters. The van der Waals surface area contributed by atoms with E-state index in [1.54, 1.807) is 11.8 Å². The lowest BCUT2D eigenvalue weighted by atomic mass is 9.62. The van der Waals surface area contributed by atoms with E-state index >= 15 is 0 Å². The molecule has 0 aromatic heterocycles. The average Bonchev–Trinajstić information content (AvgIpc) is 2.73. The van der Waals surface area contributed by atoms with Gasteiger partial charge in [-0.1, -0.05) is 5.92 Å². The Bertz CT molecular complexity index is 904. The van der Waals surface area contributed by atoms with Gasteiger partial charge in [0.1, 0.15) is 17.5 Å². The first-order valence-electron chi connectivity index (χ1n) is 11.4. The Labute approximate surface area is 190 Å². The minimum atomic E-state index is -0.687. The molecule has 1 aliphatic carbocycles. The summed E-state index contributed by atoms with van der Waals surface area (Å²) in [5, 5.41) is 8.74. The van der Waals surface area contributed by atoms with E-state index in [9.17, 15) is 14.4 Å². The Hall–Kier alpha value is -2.49. The number of carbonyl (C=O) groups excluding carboxylic acids is 3. The van der Waals surface area contributed by atoms with Crippen molar-refractivity contribution in [1.82, 2.24) is 4.90 Å². The van der Waals surface area contributed by atoms with Crippen molar-refractivity contribution in [3.05, 3.63) is 34.4 Å². The number of piperidine rings is 1. The topological polar surface area (TPSA) is 83.9 Å². The predicted molar refractivity (Wildman–Crippen MR) is 121 cm³/mol. The Balaban J connectivity index is 1.66. The molecule has 1 saturated carbocycles. The van der Waals surface area contributed by atoms with Crippen LogP contribution in [0.15, 0.2) is 12.1 Å². The van der Waals surface area contributed by atoms with Crippen LogP contribution in [0.2, 0.25) is 0 Å². The minimum absolute atomic E-state index is 0.000967. The number of hydrogen-bond acceptors (Lipinski definition) is 5. The van der Waals surface area contributed by atoms with Gasteiger partial charge in [0.25, 0.3) is 0 Å². The van der Waals surface area contributed by atoms with Crippen LogP contribution < -0.4 is 0 Å². The molecule has 32 heavy (non-hydrogen) atoms. The molecule has 1 spiro atoms. The van der Waals surface area contributed by atoms with E-state index in [1.165, 1.54) is 0 Å². The number of ketones is 2. The van der Waals surface area contributed by atoms with Crippen LogP contribution >= 0.6 is 0 Å². The Morgan fingerprint density at radius 3 is 2.25 bits per heavy atom. The number of hydrogen-bond donors (Lipinski definition) is 1. The highest BCUT2D eigenvalue weighted by atomic mass is 16.5. The first-order valence-corrected chi connectivity index (χ1v) is 11.4. The highest BCUT2D eigenvalue weighted by Crippen LogP contribution is 2.46. The largest absolute Gasteiger partial charge is 0.394 e. The molecule has 1 saturated heterocycles. The van der Waals surface area contributed by atoms with E-state index < -0.39 is 5.92 Å². The van der Waals surface area contributed by atoms with Crippen molar-refractivity contribution < 1.29 is 24.2 Å². The highest BCUT2D eigenvalue weighted by molar-refractivity contribution is 6.10. The number of amides is 1. The first-order chi connectivity index (χ1) is 15.3. The summed E-state index contributed by atoms with van der Waals surface area (Å²) in [7, 11) is 0. The normalized spacial score (nSPS) is 18.6. The molecule has 6 heteroatoms. The number of aryl methyl sites for hydroxylation is 2. The standard InChI is InChI=1S/C26H33NO5/c1-4-5-20-14-18(2)24(19(3)15-20)25-21(29)16-26(17-22(25)30)7-9-27(10-8-26)23(31)6-12-32-13-11-28/h14-15,25,28H,6-13,16-17H2,1-3H3. The van der Waals surface area contributed by atoms with Gasteiger partial charge in [0.15, 0.2) is 0 Å². The van der Waals surface area contributed by atoms with Crippen molar-refractivity contribution in [2.24, 2.45) is 5.41 Å². The van der Waals surface area contributed by atoms with Crippen molar-refractivity contribution in [2.75, 3.05) is 32.9 Å². The predicted octanol–water partition coefficient (Wildman–Crippen LogP) is 2.70. The lowest BCUT2D eigenvalue weighted by Crippen LogP contribution is -2.48. The zero-order valence-corrected chi connectivity index (χ0v) is 19.3. The molecule has 1 aromatic carbocycles. The van der Waals surface area contributed by atoms with Gasteiger partial charge in [-0.2, -0.15) is 0 Å². The highest BCUT2D eigenvalue weighted by Gasteiger charge is 2.47. The zero-order valence-electron chi connectivity index (χ0n) is 19.3. The fourth-order valence-electron chi connectivity index (χ4n) is 5.22. The number of benzene rings is 1. The Kier molecular flexibility index (Phi) is 7.86. The average molecular weight is 440 g/mol. The van der Waals surface area contributed by atoms with Crippen molar-refractivity contribution in [3.8, 4) is 11.8 Å². The molecule has 1 amide bonds. The van der Waals surface area contributed by atoms with E-state index in [2.05, 4.69) is 11.8 Å². The van der Waals surface area contributed by atoms with Gasteiger partial charge in [-0.05, 0) is 67.9 Å². The smallest absolute Gasteiger partial charge is 0.224 e. The van der Waals surface area contributed by atoms with Crippen LogP contribution in [0.25, 0.3) is 0 Å². The number of aliphatic hydroxyl groups is 1. The van der Waals surface area contributed by atoms with Crippen molar-refractivity contribution >= 4 is 17.5 Å². The van der Waals surface area contributed by atoms with Crippen LogP contribution in [-0.2, 0) is 19.1 Å². The number of rotatable bonds is 6. The van der Waals surface area contributed by atoms with Crippen LogP contribution in [0.1, 0.15) is 67.2 Å². The van der Waals surface area contributed by atoms with Crippen LogP contribution in [-0.4, -0.2) is 60.4 Å². The van der Waals surface area contributed by atoms with Gasteiger partial charge >= 0.3 is 0 Å². The van der Waals surface area contributed by atoms with Gasteiger partial charge in [0.05, 0.1) is 26.2 Å². The maximum Gasteiger partial charge on any atom is 0.224 e. The summed E-state index contributed by atoms with van der Waals surface area (Å²) in [4.78, 5) is 40.7. The van der Waals surface area contributed by atoms with Crippen molar-refractivity contribution in [3.63, 3.8) is 0 Å². The van der Waals surface area contributed by atoms with E-state index in [0.29, 0.717) is 45.4 Å². The monoisotopic (exact) mass is 439 g/mol. The Morgan fingerprint density at radius 1 is 1.12 bits per heavy atom. The molecule has 0 atom stereocenters. The maximum absolute atomic E-state index is 13.2. The summed E-state index contributed by atoms with van der Waals surface area (Å²) in [5.74, 6) is 5.27. The molecule has 2 fully saturated rings. The first kappa shape index (κ1) is 24.2. The maximum atomic E-state index is 13.2. The number of likely N-dealkylation sites (tertiary alicyclic amines) is 1. The lowest BCUT2D eigenvalue weighted by Gasteiger charge is -2.44. The molecule has 1 N–H and O–H groups in total. The van der Waals surface area contributed by atoms with Gasteiger partial charge in [-0.25, -0.2) is 0 Å². The molecule has 0 bridgehead atoms. The third-order valence-electron chi connectivity index (χ3n) is 6.77. The van der Waals surface area contributed by atoms with Crippen molar-refractivity contribution in [2.45, 2.75) is 58.8 Å². The SMILES string of the molecule is CC#Cc1cc(C)c(C2C(=O)CC3(CCN(C(=O)CCOCCO)CC3)CC2=O)c(C)c1. The number of Topliss-reactive ketones (excluding diaryl/α,β-unsaturated/α-hetero) is 2. The van der Waals surface area contributed by atoms with E-state index in [4.69, 9.17) is 9.84 Å². The van der Waals surface area contributed by atoms with E-state index in [-0.39, 0.29) is 42.5 Å². The van der Waals surface area contributed by atoms with Crippen LogP contribution in [0.3, 0.4) is 0 Å². The number of carbonyl (C=O) groups is 3. The fraction of sp³-hybridized carbons (Fsp3) is 0.577. The molecular weight excluding hydrogens is 406 g/mol. The molecule has 1 heterocycles. The zero-order chi connectivity index (χ0) is 23.3. The second kappa shape index (κ2) is 10.4. The van der Waals surface area contributed by atoms with Crippen LogP contribution in [0.4, 0.5) is 0 Å². The second-order valence-electron chi connectivity index (χ2n) is 9.08. The molecule has 2 aliphatic rings. The molecule has 1 aromatic rings. The third-order valence-corrected chi connectivity index (χ3v) is 6.77. The van der Waals surface area contributed by atoms with E-state index in [1.807, 2.05) is 26.0 Å². The summed E-state index contributed by atoms with van der Waals surface area (Å²) in [6.07, 6.45) is 2.40. The Morgan fingerprint density at radius 2 is 1.72 bits per heavy atom. The minimum Gasteiger partial charge on any atom is -0.394 e. The summed E-state index contributed by atoms with van der Waals surface area (Å²) < 4.78 is 5.18. The summed E-state index contributed by atoms with van der Waals surface area (Å²) in [6, 6.07) is 3.91. The fourth-order valence-corrected chi connectivity index (χ4v) is 5.22. The number of ether oxygens (including phenoxy) is 1. The molecule has 1 aliphatic heterocycles. The van der Waals surface area contributed by atoms with Gasteiger partial charge in [-0.3, -0.25) is 14.4 Å². The van der Waals surface area contributed by atoms with Crippen molar-refractivity contribution in [1.29, 1.82) is 0 Å². The summed E-state index contributed by atoms with van der Waals surface area (Å²) in [5.41, 5.74) is 3.29. The van der Waals surface area contributed by atoms with Crippen LogP contribution in [0.5, 0.6) is 0 Å². The quantitative estimate of drug-likeness (QED) is 0.419.